The van der Waals surface area contributed by atoms with Crippen molar-refractivity contribution < 1.29 is 0 Å². The van der Waals surface area contributed by atoms with Crippen LogP contribution in [0.2, 0.25) is 0 Å². The lowest BCUT2D eigenvalue weighted by Gasteiger charge is -2.13. The average Bonchev–Trinajstić information content (AvgIpc) is 2.56. The van der Waals surface area contributed by atoms with E-state index in [0.29, 0.717) is 5.92 Å². The second kappa shape index (κ2) is 4.84. The third-order valence-corrected chi connectivity index (χ3v) is 2.95. The first-order valence-corrected chi connectivity index (χ1v) is 5.36. The Morgan fingerprint density at radius 3 is 2.80 bits per heavy atom. The summed E-state index contributed by atoms with van der Waals surface area (Å²) in [5.41, 5.74) is 3.08. The summed E-state index contributed by atoms with van der Waals surface area (Å²) >= 11 is 0. The first kappa shape index (κ1) is 11.6. The topological polar surface area (TPSA) is 28.7 Å². The van der Waals surface area contributed by atoms with Gasteiger partial charge in [-0.15, -0.1) is 6.58 Å². The van der Waals surface area contributed by atoms with E-state index < -0.39 is 0 Å². The molecule has 0 aliphatic heterocycles. The van der Waals surface area contributed by atoms with Crippen molar-refractivity contribution in [3.05, 3.63) is 35.7 Å². The fraction of sp³-hybridized carbons (Fsp3) is 0.462. The predicted octanol–water partition coefficient (Wildman–Crippen LogP) is 3.37. The lowest BCUT2D eigenvalue weighted by atomic mass is 10.0. The number of hydrogen-bond acceptors (Lipinski definition) is 1. The van der Waals surface area contributed by atoms with Crippen molar-refractivity contribution in [2.24, 2.45) is 0 Å². The molecule has 0 saturated heterocycles. The lowest BCUT2D eigenvalue weighted by molar-refractivity contribution is 0.637. The SMILES string of the molecule is C=CCn1c(C(C)CC)cc(C#N)c1C. The van der Waals surface area contributed by atoms with Crippen molar-refractivity contribution in [1.29, 1.82) is 5.26 Å². The van der Waals surface area contributed by atoms with Gasteiger partial charge in [-0.05, 0) is 25.3 Å². The number of aromatic nitrogens is 1. The maximum atomic E-state index is 8.99. The Morgan fingerprint density at radius 2 is 2.33 bits per heavy atom. The predicted molar refractivity (Wildman–Crippen MR) is 62.8 cm³/mol. The van der Waals surface area contributed by atoms with Crippen molar-refractivity contribution >= 4 is 0 Å². The van der Waals surface area contributed by atoms with Gasteiger partial charge in [-0.2, -0.15) is 5.26 Å². The molecular formula is C13H18N2. The largest absolute Gasteiger partial charge is 0.344 e. The molecule has 0 bridgehead atoms. The molecule has 0 radical (unpaired) electrons. The van der Waals surface area contributed by atoms with Crippen LogP contribution in [0, 0.1) is 18.3 Å². The van der Waals surface area contributed by atoms with Crippen molar-refractivity contribution in [2.45, 2.75) is 39.7 Å². The van der Waals surface area contributed by atoms with Gasteiger partial charge in [0.15, 0.2) is 0 Å². The molecule has 0 aliphatic carbocycles. The van der Waals surface area contributed by atoms with E-state index >= 15 is 0 Å². The highest BCUT2D eigenvalue weighted by Crippen LogP contribution is 2.24. The molecule has 0 N–H and O–H groups in total. The zero-order valence-corrected chi connectivity index (χ0v) is 9.75. The van der Waals surface area contributed by atoms with E-state index in [1.807, 2.05) is 19.1 Å². The van der Waals surface area contributed by atoms with Crippen molar-refractivity contribution in [2.75, 3.05) is 0 Å². The Kier molecular flexibility index (Phi) is 3.74. The summed E-state index contributed by atoms with van der Waals surface area (Å²) < 4.78 is 2.18. The Hall–Kier alpha value is -1.49. The second-order valence-electron chi connectivity index (χ2n) is 3.89. The minimum atomic E-state index is 0.491. The Morgan fingerprint density at radius 1 is 1.67 bits per heavy atom. The molecule has 1 aromatic rings. The van der Waals surface area contributed by atoms with Gasteiger partial charge in [-0.25, -0.2) is 0 Å². The molecule has 0 amide bonds. The monoisotopic (exact) mass is 202 g/mol. The van der Waals surface area contributed by atoms with Gasteiger partial charge in [-0.1, -0.05) is 19.9 Å². The number of rotatable bonds is 4. The summed E-state index contributed by atoms with van der Waals surface area (Å²) in [5, 5.41) is 8.99. The third-order valence-electron chi connectivity index (χ3n) is 2.95. The lowest BCUT2D eigenvalue weighted by Crippen LogP contribution is -2.05. The van der Waals surface area contributed by atoms with Gasteiger partial charge in [0, 0.05) is 17.9 Å². The maximum absolute atomic E-state index is 8.99. The van der Waals surface area contributed by atoms with Gasteiger partial charge in [0.25, 0.3) is 0 Å². The molecule has 80 valence electrons. The van der Waals surface area contributed by atoms with Gasteiger partial charge in [-0.3, -0.25) is 0 Å². The average molecular weight is 202 g/mol. The Bertz CT molecular complexity index is 393. The first-order valence-electron chi connectivity index (χ1n) is 5.36. The van der Waals surface area contributed by atoms with Crippen LogP contribution in [-0.2, 0) is 6.54 Å². The van der Waals surface area contributed by atoms with Crippen molar-refractivity contribution in [3.63, 3.8) is 0 Å². The van der Waals surface area contributed by atoms with Gasteiger partial charge in [0.1, 0.15) is 6.07 Å². The van der Waals surface area contributed by atoms with Crippen molar-refractivity contribution in [3.8, 4) is 6.07 Å². The summed E-state index contributed by atoms with van der Waals surface area (Å²) in [5.74, 6) is 0.491. The molecular weight excluding hydrogens is 184 g/mol. The number of allylic oxidation sites excluding steroid dienone is 1. The molecule has 0 aromatic carbocycles. The molecule has 2 heteroatoms. The van der Waals surface area contributed by atoms with Gasteiger partial charge in [0.2, 0.25) is 0 Å². The van der Waals surface area contributed by atoms with Crippen LogP contribution < -0.4 is 0 Å². The number of nitriles is 1. The van der Waals surface area contributed by atoms with Crippen molar-refractivity contribution in [1.82, 2.24) is 4.57 Å². The molecule has 1 rings (SSSR count). The first-order chi connectivity index (χ1) is 7.15. The van der Waals surface area contributed by atoms with E-state index in [4.69, 9.17) is 5.26 Å². The molecule has 1 aromatic heterocycles. The van der Waals surface area contributed by atoms with Crippen LogP contribution in [0.4, 0.5) is 0 Å². The van der Waals surface area contributed by atoms with Crippen LogP contribution in [0.5, 0.6) is 0 Å². The van der Waals surface area contributed by atoms with E-state index in [-0.39, 0.29) is 0 Å². The van der Waals surface area contributed by atoms with E-state index in [1.54, 1.807) is 0 Å². The molecule has 1 heterocycles. The van der Waals surface area contributed by atoms with Crippen LogP contribution in [0.1, 0.15) is 43.1 Å². The standard InChI is InChI=1S/C13H18N2/c1-5-7-15-11(4)12(9-14)8-13(15)10(3)6-2/h5,8,10H,1,6-7H2,2-4H3. The van der Waals surface area contributed by atoms with E-state index in [1.165, 1.54) is 5.69 Å². The van der Waals surface area contributed by atoms with E-state index in [2.05, 4.69) is 31.1 Å². The highest BCUT2D eigenvalue weighted by Gasteiger charge is 2.14. The molecule has 0 fully saturated rings. The number of hydrogen-bond donors (Lipinski definition) is 0. The van der Waals surface area contributed by atoms with Gasteiger partial charge >= 0.3 is 0 Å². The molecule has 0 saturated carbocycles. The summed E-state index contributed by atoms with van der Waals surface area (Å²) in [4.78, 5) is 0. The van der Waals surface area contributed by atoms with E-state index in [9.17, 15) is 0 Å². The van der Waals surface area contributed by atoms with E-state index in [0.717, 1.165) is 24.2 Å². The normalized spacial score (nSPS) is 12.1. The van der Waals surface area contributed by atoms with Gasteiger partial charge in [0.05, 0.1) is 5.56 Å². The molecule has 2 nitrogen and oxygen atoms in total. The third kappa shape index (κ3) is 2.12. The zero-order valence-electron chi connectivity index (χ0n) is 9.75. The Labute approximate surface area is 91.8 Å². The summed E-state index contributed by atoms with van der Waals surface area (Å²) in [7, 11) is 0. The van der Waals surface area contributed by atoms with Crippen LogP contribution in [0.25, 0.3) is 0 Å². The summed E-state index contributed by atoms with van der Waals surface area (Å²) in [6, 6.07) is 4.25. The minimum absolute atomic E-state index is 0.491. The quantitative estimate of drug-likeness (QED) is 0.688. The highest BCUT2D eigenvalue weighted by atomic mass is 15.0. The van der Waals surface area contributed by atoms with Crippen LogP contribution >= 0.6 is 0 Å². The molecule has 0 aliphatic rings. The second-order valence-corrected chi connectivity index (χ2v) is 3.89. The molecule has 0 spiro atoms. The zero-order chi connectivity index (χ0) is 11.4. The molecule has 1 atom stereocenters. The summed E-state index contributed by atoms with van der Waals surface area (Å²) in [6.07, 6.45) is 2.96. The maximum Gasteiger partial charge on any atom is 0.101 e. The summed E-state index contributed by atoms with van der Waals surface area (Å²) in [6.45, 7) is 10.9. The fourth-order valence-electron chi connectivity index (χ4n) is 1.77. The van der Waals surface area contributed by atoms with Crippen LogP contribution in [0.3, 0.4) is 0 Å². The minimum Gasteiger partial charge on any atom is -0.344 e. The molecule has 1 unspecified atom stereocenters. The molecule has 15 heavy (non-hydrogen) atoms. The number of nitrogens with zero attached hydrogens (tertiary/aromatic N) is 2. The highest BCUT2D eigenvalue weighted by molar-refractivity contribution is 5.38. The Balaban J connectivity index is 3.25. The van der Waals surface area contributed by atoms with Crippen LogP contribution in [-0.4, -0.2) is 4.57 Å². The van der Waals surface area contributed by atoms with Gasteiger partial charge < -0.3 is 4.57 Å². The fourth-order valence-corrected chi connectivity index (χ4v) is 1.77. The smallest absolute Gasteiger partial charge is 0.101 e. The van der Waals surface area contributed by atoms with Crippen LogP contribution in [0.15, 0.2) is 18.7 Å².